The van der Waals surface area contributed by atoms with E-state index in [-0.39, 0.29) is 6.04 Å². The first-order valence-electron chi connectivity index (χ1n) is 10.5. The fourth-order valence-electron chi connectivity index (χ4n) is 3.72. The van der Waals surface area contributed by atoms with Crippen molar-refractivity contribution in [2.24, 2.45) is 0 Å². The van der Waals surface area contributed by atoms with Crippen molar-refractivity contribution in [2.75, 3.05) is 18.6 Å². The van der Waals surface area contributed by atoms with Gasteiger partial charge in [-0.1, -0.05) is 41.7 Å². The van der Waals surface area contributed by atoms with Gasteiger partial charge in [0.25, 0.3) is 0 Å². The summed E-state index contributed by atoms with van der Waals surface area (Å²) >= 11 is 1.69. The van der Waals surface area contributed by atoms with E-state index in [9.17, 15) is 9.90 Å². The molecule has 1 N–H and O–H groups in total. The van der Waals surface area contributed by atoms with Gasteiger partial charge in [0.1, 0.15) is 5.75 Å². The second-order valence-electron chi connectivity index (χ2n) is 7.86. The van der Waals surface area contributed by atoms with Gasteiger partial charge in [-0.2, -0.15) is 0 Å². The topological polar surface area (TPSA) is 62.7 Å². The summed E-state index contributed by atoms with van der Waals surface area (Å²) in [6.45, 7) is 5.01. The summed E-state index contributed by atoms with van der Waals surface area (Å²) in [5.74, 6) is -0.0684. The van der Waals surface area contributed by atoms with Gasteiger partial charge in [0.05, 0.1) is 28.9 Å². The van der Waals surface area contributed by atoms with Crippen LogP contribution in [0.4, 0.5) is 5.13 Å². The largest absolute Gasteiger partial charge is 0.497 e. The lowest BCUT2D eigenvalue weighted by Crippen LogP contribution is -2.29. The van der Waals surface area contributed by atoms with Gasteiger partial charge >= 0.3 is 5.97 Å². The van der Waals surface area contributed by atoms with Crippen LogP contribution >= 0.6 is 11.3 Å². The summed E-state index contributed by atoms with van der Waals surface area (Å²) < 4.78 is 6.44. The standard InChI is InChI=1S/C26H26N2O3S/c1-17-4-13-23-24(16-17)32-26(27-23)28(15-14-19-5-11-22(31-3)12-6-19)18(2)20-7-9-21(10-8-20)25(29)30/h4-13,16,18H,14-15H2,1-3H3,(H,29,30). The Bertz CT molecular complexity index is 1220. The number of carboxylic acid groups (broad SMARTS) is 1. The number of hydrogen-bond acceptors (Lipinski definition) is 5. The number of nitrogens with zero attached hydrogens (tertiary/aromatic N) is 2. The molecule has 1 atom stereocenters. The van der Waals surface area contributed by atoms with E-state index in [1.165, 1.54) is 15.8 Å². The molecule has 0 saturated carbocycles. The number of anilines is 1. The molecule has 164 valence electrons. The quantitative estimate of drug-likeness (QED) is 0.353. The number of thiazole rings is 1. The molecule has 0 spiro atoms. The average Bonchev–Trinajstić information content (AvgIpc) is 3.22. The highest BCUT2D eigenvalue weighted by Gasteiger charge is 2.20. The maximum Gasteiger partial charge on any atom is 0.335 e. The number of carbonyl (C=O) groups is 1. The molecule has 6 heteroatoms. The number of methoxy groups -OCH3 is 1. The van der Waals surface area contributed by atoms with Crippen LogP contribution in [0.15, 0.2) is 66.7 Å². The Kier molecular flexibility index (Phi) is 6.42. The van der Waals surface area contributed by atoms with Gasteiger partial charge in [-0.05, 0) is 73.4 Å². The van der Waals surface area contributed by atoms with Crippen LogP contribution in [-0.2, 0) is 6.42 Å². The zero-order chi connectivity index (χ0) is 22.7. The second-order valence-corrected chi connectivity index (χ2v) is 8.87. The molecule has 0 fully saturated rings. The molecule has 1 aromatic heterocycles. The lowest BCUT2D eigenvalue weighted by molar-refractivity contribution is 0.0697. The molecule has 4 rings (SSSR count). The van der Waals surface area contributed by atoms with Gasteiger partial charge in [-0.15, -0.1) is 0 Å². The number of ether oxygens (including phenoxy) is 1. The Labute approximate surface area is 191 Å². The van der Waals surface area contributed by atoms with E-state index in [0.717, 1.165) is 34.9 Å². The number of rotatable bonds is 8. The summed E-state index contributed by atoms with van der Waals surface area (Å²) in [7, 11) is 1.67. The van der Waals surface area contributed by atoms with Crippen LogP contribution in [0.3, 0.4) is 0 Å². The third-order valence-electron chi connectivity index (χ3n) is 5.69. The van der Waals surface area contributed by atoms with Gasteiger partial charge in [0, 0.05) is 6.54 Å². The molecule has 0 bridgehead atoms. The van der Waals surface area contributed by atoms with Crippen LogP contribution in [0.5, 0.6) is 5.75 Å². The van der Waals surface area contributed by atoms with E-state index in [1.807, 2.05) is 24.3 Å². The first-order valence-corrected chi connectivity index (χ1v) is 11.4. The van der Waals surface area contributed by atoms with Crippen molar-refractivity contribution in [3.05, 3.63) is 89.0 Å². The highest BCUT2D eigenvalue weighted by molar-refractivity contribution is 7.22. The maximum absolute atomic E-state index is 11.2. The van der Waals surface area contributed by atoms with E-state index >= 15 is 0 Å². The molecule has 1 heterocycles. The number of benzene rings is 3. The maximum atomic E-state index is 11.2. The normalized spacial score (nSPS) is 12.0. The van der Waals surface area contributed by atoms with E-state index in [4.69, 9.17) is 9.72 Å². The fraction of sp³-hybridized carbons (Fsp3) is 0.231. The molecule has 1 unspecified atom stereocenters. The summed E-state index contributed by atoms with van der Waals surface area (Å²) in [4.78, 5) is 18.5. The van der Waals surface area contributed by atoms with Gasteiger partial charge < -0.3 is 14.7 Å². The zero-order valence-corrected chi connectivity index (χ0v) is 19.2. The van der Waals surface area contributed by atoms with Gasteiger partial charge in [-0.25, -0.2) is 9.78 Å². The SMILES string of the molecule is COc1ccc(CCN(c2nc3ccc(C)cc3s2)C(C)c2ccc(C(=O)O)cc2)cc1. The van der Waals surface area contributed by atoms with Gasteiger partial charge in [-0.3, -0.25) is 0 Å². The number of aryl methyl sites for hydroxylation is 1. The zero-order valence-electron chi connectivity index (χ0n) is 18.4. The average molecular weight is 447 g/mol. The number of aromatic carboxylic acids is 1. The predicted molar refractivity (Wildman–Crippen MR) is 130 cm³/mol. The third kappa shape index (κ3) is 4.75. The first-order chi connectivity index (χ1) is 15.4. The number of fused-ring (bicyclic) bond motifs is 1. The highest BCUT2D eigenvalue weighted by atomic mass is 32.1. The van der Waals surface area contributed by atoms with Crippen molar-refractivity contribution in [2.45, 2.75) is 26.3 Å². The van der Waals surface area contributed by atoms with Crippen LogP contribution < -0.4 is 9.64 Å². The van der Waals surface area contributed by atoms with Crippen molar-refractivity contribution in [1.82, 2.24) is 4.98 Å². The lowest BCUT2D eigenvalue weighted by atomic mass is 10.0. The van der Waals surface area contributed by atoms with Crippen molar-refractivity contribution in [1.29, 1.82) is 0 Å². The summed E-state index contributed by atoms with van der Waals surface area (Å²) in [5, 5.41) is 10.2. The molecular formula is C26H26N2O3S. The molecule has 0 aliphatic rings. The third-order valence-corrected chi connectivity index (χ3v) is 6.74. The van der Waals surface area contributed by atoms with Gasteiger partial charge in [0.15, 0.2) is 5.13 Å². The Hall–Kier alpha value is -3.38. The predicted octanol–water partition coefficient (Wildman–Crippen LogP) is 6.12. The van der Waals surface area contributed by atoms with Crippen molar-refractivity contribution in [3.63, 3.8) is 0 Å². The minimum Gasteiger partial charge on any atom is -0.497 e. The molecule has 0 aliphatic heterocycles. The Balaban J connectivity index is 1.64. The van der Waals surface area contributed by atoms with Crippen molar-refractivity contribution < 1.29 is 14.6 Å². The minimum atomic E-state index is -0.915. The Morgan fingerprint density at radius 3 is 2.47 bits per heavy atom. The Morgan fingerprint density at radius 1 is 1.09 bits per heavy atom. The lowest BCUT2D eigenvalue weighted by Gasteiger charge is -2.29. The molecule has 32 heavy (non-hydrogen) atoms. The molecule has 0 radical (unpaired) electrons. The van der Waals surface area contributed by atoms with Crippen LogP contribution in [0.25, 0.3) is 10.2 Å². The molecule has 5 nitrogen and oxygen atoms in total. The minimum absolute atomic E-state index is 0.0396. The smallest absolute Gasteiger partial charge is 0.335 e. The monoisotopic (exact) mass is 446 g/mol. The number of hydrogen-bond donors (Lipinski definition) is 1. The van der Waals surface area contributed by atoms with E-state index in [1.54, 1.807) is 30.6 Å². The number of aromatic nitrogens is 1. The summed E-state index contributed by atoms with van der Waals surface area (Å²) in [6.07, 6.45) is 0.858. The molecule has 3 aromatic carbocycles. The second kappa shape index (κ2) is 9.40. The summed E-state index contributed by atoms with van der Waals surface area (Å²) in [5.41, 5.74) is 4.79. The molecule has 0 amide bonds. The Morgan fingerprint density at radius 2 is 1.81 bits per heavy atom. The van der Waals surface area contributed by atoms with Crippen LogP contribution in [-0.4, -0.2) is 29.7 Å². The van der Waals surface area contributed by atoms with Crippen LogP contribution in [0.2, 0.25) is 0 Å². The van der Waals surface area contributed by atoms with Gasteiger partial charge in [0.2, 0.25) is 0 Å². The first kappa shape index (κ1) is 21.8. The van der Waals surface area contributed by atoms with Crippen molar-refractivity contribution in [3.8, 4) is 5.75 Å². The van der Waals surface area contributed by atoms with Crippen LogP contribution in [0.1, 0.15) is 40.0 Å². The van der Waals surface area contributed by atoms with E-state index in [2.05, 4.69) is 49.1 Å². The summed E-state index contributed by atoms with van der Waals surface area (Å²) in [6, 6.07) is 21.6. The molecule has 0 saturated heterocycles. The molecular weight excluding hydrogens is 420 g/mol. The molecule has 0 aliphatic carbocycles. The number of carboxylic acids is 1. The van der Waals surface area contributed by atoms with E-state index < -0.39 is 5.97 Å². The van der Waals surface area contributed by atoms with Crippen LogP contribution in [0, 0.1) is 6.92 Å². The van der Waals surface area contributed by atoms with E-state index in [0.29, 0.717) is 5.56 Å². The highest BCUT2D eigenvalue weighted by Crippen LogP contribution is 2.34. The fourth-order valence-corrected chi connectivity index (χ4v) is 4.89. The van der Waals surface area contributed by atoms with Crippen molar-refractivity contribution >= 4 is 32.7 Å². The molecule has 4 aromatic rings.